The van der Waals surface area contributed by atoms with Gasteiger partial charge in [-0.2, -0.15) is 0 Å². The van der Waals surface area contributed by atoms with Gasteiger partial charge in [0.15, 0.2) is 0 Å². The van der Waals surface area contributed by atoms with Crippen molar-refractivity contribution >= 4 is 0 Å². The Balaban J connectivity index is 2.00. The summed E-state index contributed by atoms with van der Waals surface area (Å²) in [6.45, 7) is 0. The van der Waals surface area contributed by atoms with Gasteiger partial charge in [0.25, 0.3) is 0 Å². The van der Waals surface area contributed by atoms with Crippen molar-refractivity contribution in [1.82, 2.24) is 15.6 Å². The van der Waals surface area contributed by atoms with E-state index in [4.69, 9.17) is 0 Å². The van der Waals surface area contributed by atoms with E-state index in [1.54, 1.807) is 0 Å². The van der Waals surface area contributed by atoms with Crippen molar-refractivity contribution in [3.8, 4) is 0 Å². The molecule has 2 N–H and O–H groups in total. The summed E-state index contributed by atoms with van der Waals surface area (Å²) in [6, 6.07) is 5.47. The first-order chi connectivity index (χ1) is 8.35. The molecule has 3 heteroatoms. The molecule has 0 aromatic carbocycles. The molecule has 2 rings (SSSR count). The SMILES string of the molecule is CNC1CCC(C(NC)c2ccncc2)CC1. The van der Waals surface area contributed by atoms with Crippen molar-refractivity contribution in [3.05, 3.63) is 30.1 Å². The second kappa shape index (κ2) is 6.12. The van der Waals surface area contributed by atoms with Gasteiger partial charge in [-0.05, 0) is 63.4 Å². The zero-order valence-electron chi connectivity index (χ0n) is 10.8. The Morgan fingerprint density at radius 2 is 1.76 bits per heavy atom. The fourth-order valence-electron chi connectivity index (χ4n) is 2.99. The van der Waals surface area contributed by atoms with Gasteiger partial charge in [-0.25, -0.2) is 0 Å². The molecule has 0 amide bonds. The van der Waals surface area contributed by atoms with Crippen LogP contribution < -0.4 is 10.6 Å². The van der Waals surface area contributed by atoms with E-state index in [0.29, 0.717) is 6.04 Å². The lowest BCUT2D eigenvalue weighted by Crippen LogP contribution is -2.34. The molecule has 1 aromatic heterocycles. The Labute approximate surface area is 104 Å². The summed E-state index contributed by atoms with van der Waals surface area (Å²) in [5, 5.41) is 6.86. The molecule has 1 atom stereocenters. The Morgan fingerprint density at radius 1 is 1.12 bits per heavy atom. The predicted molar refractivity (Wildman–Crippen MR) is 70.8 cm³/mol. The summed E-state index contributed by atoms with van der Waals surface area (Å²) >= 11 is 0. The maximum absolute atomic E-state index is 4.09. The van der Waals surface area contributed by atoms with Crippen molar-refractivity contribution < 1.29 is 0 Å². The highest BCUT2D eigenvalue weighted by Gasteiger charge is 2.26. The van der Waals surface area contributed by atoms with E-state index in [1.807, 2.05) is 12.4 Å². The number of nitrogens with one attached hydrogen (secondary N) is 2. The first kappa shape index (κ1) is 12.5. The molecule has 0 bridgehead atoms. The molecule has 17 heavy (non-hydrogen) atoms. The van der Waals surface area contributed by atoms with Crippen LogP contribution in [0.5, 0.6) is 0 Å². The quantitative estimate of drug-likeness (QED) is 0.836. The van der Waals surface area contributed by atoms with Gasteiger partial charge in [0.1, 0.15) is 0 Å². The molecule has 94 valence electrons. The van der Waals surface area contributed by atoms with Crippen LogP contribution in [0.15, 0.2) is 24.5 Å². The van der Waals surface area contributed by atoms with E-state index < -0.39 is 0 Å². The maximum Gasteiger partial charge on any atom is 0.0347 e. The minimum absolute atomic E-state index is 0.482. The molecular weight excluding hydrogens is 210 g/mol. The zero-order chi connectivity index (χ0) is 12.1. The molecule has 3 nitrogen and oxygen atoms in total. The third-order valence-electron chi connectivity index (χ3n) is 4.03. The molecule has 0 spiro atoms. The highest BCUT2D eigenvalue weighted by atomic mass is 14.9. The lowest BCUT2D eigenvalue weighted by atomic mass is 9.79. The lowest BCUT2D eigenvalue weighted by Gasteiger charge is -2.33. The molecule has 0 radical (unpaired) electrons. The average molecular weight is 233 g/mol. The number of hydrogen-bond acceptors (Lipinski definition) is 3. The van der Waals surface area contributed by atoms with E-state index in [-0.39, 0.29) is 0 Å². The molecular formula is C14H23N3. The fraction of sp³-hybridized carbons (Fsp3) is 0.643. The molecule has 1 aliphatic rings. The number of rotatable bonds is 4. The number of nitrogens with zero attached hydrogens (tertiary/aromatic N) is 1. The lowest BCUT2D eigenvalue weighted by molar-refractivity contribution is 0.247. The third-order valence-corrected chi connectivity index (χ3v) is 4.03. The van der Waals surface area contributed by atoms with E-state index >= 15 is 0 Å². The van der Waals surface area contributed by atoms with Gasteiger partial charge < -0.3 is 10.6 Å². The first-order valence-corrected chi connectivity index (χ1v) is 6.59. The van der Waals surface area contributed by atoms with E-state index in [9.17, 15) is 0 Å². The molecule has 0 aliphatic heterocycles. The van der Waals surface area contributed by atoms with Crippen LogP contribution in [-0.4, -0.2) is 25.1 Å². The Hall–Kier alpha value is -0.930. The topological polar surface area (TPSA) is 37.0 Å². The van der Waals surface area contributed by atoms with Crippen LogP contribution in [0.1, 0.15) is 37.3 Å². The smallest absolute Gasteiger partial charge is 0.0347 e. The van der Waals surface area contributed by atoms with Crippen LogP contribution in [-0.2, 0) is 0 Å². The summed E-state index contributed by atoms with van der Waals surface area (Å²) in [4.78, 5) is 4.09. The first-order valence-electron chi connectivity index (χ1n) is 6.59. The Morgan fingerprint density at radius 3 is 2.29 bits per heavy atom. The van der Waals surface area contributed by atoms with Gasteiger partial charge in [0.05, 0.1) is 0 Å². The molecule has 1 aliphatic carbocycles. The molecule has 1 aromatic rings. The van der Waals surface area contributed by atoms with Gasteiger partial charge in [0.2, 0.25) is 0 Å². The van der Waals surface area contributed by atoms with E-state index in [0.717, 1.165) is 12.0 Å². The molecule has 1 heterocycles. The Kier molecular flexibility index (Phi) is 4.51. The van der Waals surface area contributed by atoms with Gasteiger partial charge >= 0.3 is 0 Å². The number of pyridine rings is 1. The third kappa shape index (κ3) is 3.05. The van der Waals surface area contributed by atoms with Crippen molar-refractivity contribution in [2.24, 2.45) is 5.92 Å². The van der Waals surface area contributed by atoms with Crippen LogP contribution in [0.3, 0.4) is 0 Å². The predicted octanol–water partition coefficient (Wildman–Crippen LogP) is 2.12. The Bertz CT molecular complexity index is 317. The summed E-state index contributed by atoms with van der Waals surface area (Å²) in [5.41, 5.74) is 1.37. The number of hydrogen-bond donors (Lipinski definition) is 2. The van der Waals surface area contributed by atoms with Crippen LogP contribution in [0.2, 0.25) is 0 Å². The average Bonchev–Trinajstić information content (AvgIpc) is 2.42. The van der Waals surface area contributed by atoms with Crippen molar-refractivity contribution in [1.29, 1.82) is 0 Å². The van der Waals surface area contributed by atoms with Crippen LogP contribution in [0.4, 0.5) is 0 Å². The fourth-order valence-corrected chi connectivity index (χ4v) is 2.99. The normalized spacial score (nSPS) is 26.7. The van der Waals surface area contributed by atoms with Crippen molar-refractivity contribution in [2.75, 3.05) is 14.1 Å². The van der Waals surface area contributed by atoms with Crippen molar-refractivity contribution in [3.63, 3.8) is 0 Å². The number of aromatic nitrogens is 1. The maximum atomic E-state index is 4.09. The van der Waals surface area contributed by atoms with Gasteiger partial charge in [-0.1, -0.05) is 0 Å². The molecule has 1 unspecified atom stereocenters. The monoisotopic (exact) mass is 233 g/mol. The van der Waals surface area contributed by atoms with E-state index in [1.165, 1.54) is 31.2 Å². The highest BCUT2D eigenvalue weighted by molar-refractivity contribution is 5.16. The standard InChI is InChI=1S/C14H23N3/c1-15-13-5-3-11(4-6-13)14(16-2)12-7-9-17-10-8-12/h7-11,13-16H,3-6H2,1-2H3. The van der Waals surface area contributed by atoms with Gasteiger partial charge in [0, 0.05) is 24.5 Å². The molecule has 1 fully saturated rings. The van der Waals surface area contributed by atoms with Crippen LogP contribution in [0, 0.1) is 5.92 Å². The second-order valence-corrected chi connectivity index (χ2v) is 4.95. The largest absolute Gasteiger partial charge is 0.317 e. The zero-order valence-corrected chi connectivity index (χ0v) is 10.8. The van der Waals surface area contributed by atoms with Crippen molar-refractivity contribution in [2.45, 2.75) is 37.8 Å². The summed E-state index contributed by atoms with van der Waals surface area (Å²) in [5.74, 6) is 0.756. The van der Waals surface area contributed by atoms with Gasteiger partial charge in [-0.3, -0.25) is 4.98 Å². The van der Waals surface area contributed by atoms with E-state index in [2.05, 4.69) is 41.8 Å². The summed E-state index contributed by atoms with van der Waals surface area (Å²) < 4.78 is 0. The summed E-state index contributed by atoms with van der Waals surface area (Å²) in [7, 11) is 4.14. The minimum atomic E-state index is 0.482. The van der Waals surface area contributed by atoms with Crippen LogP contribution in [0.25, 0.3) is 0 Å². The van der Waals surface area contributed by atoms with Gasteiger partial charge in [-0.15, -0.1) is 0 Å². The summed E-state index contributed by atoms with van der Waals surface area (Å²) in [6.07, 6.45) is 8.98. The molecule has 0 saturated heterocycles. The second-order valence-electron chi connectivity index (χ2n) is 4.95. The minimum Gasteiger partial charge on any atom is -0.317 e. The highest BCUT2D eigenvalue weighted by Crippen LogP contribution is 2.34. The van der Waals surface area contributed by atoms with Crippen LogP contribution >= 0.6 is 0 Å². The molecule has 1 saturated carbocycles.